The van der Waals surface area contributed by atoms with Gasteiger partial charge in [-0.05, 0) is 31.2 Å². The zero-order chi connectivity index (χ0) is 37.6. The second kappa shape index (κ2) is 15.5. The highest BCUT2D eigenvalue weighted by Crippen LogP contribution is 2.41. The van der Waals surface area contributed by atoms with Crippen molar-refractivity contribution in [2.24, 2.45) is 0 Å². The van der Waals surface area contributed by atoms with Gasteiger partial charge in [-0.2, -0.15) is 0 Å². The van der Waals surface area contributed by atoms with Gasteiger partial charge in [-0.15, -0.1) is 0 Å². The number of aliphatic hydroxyl groups is 10. The molecule has 0 amide bonds. The van der Waals surface area contributed by atoms with Crippen molar-refractivity contribution >= 4 is 11.0 Å². The molecule has 3 aromatic rings. The number of phenols is 2. The number of hydrogen-bond acceptors (Lipinski definition) is 18. The lowest BCUT2D eigenvalue weighted by Gasteiger charge is -2.42. The van der Waals surface area contributed by atoms with E-state index < -0.39 is 111 Å². The second-order valence-corrected chi connectivity index (χ2v) is 12.8. The Bertz CT molecular complexity index is 1670. The first kappa shape index (κ1) is 38.2. The van der Waals surface area contributed by atoms with E-state index in [-0.39, 0.29) is 34.0 Å². The fraction of sp³-hybridized carbons (Fsp3) is 0.545. The molecule has 19 nitrogen and oxygen atoms in total. The normalized spacial score (nSPS) is 38.2. The maximum Gasteiger partial charge on any atom is 0.402 e. The average molecular weight is 742 g/mol. The first-order valence-electron chi connectivity index (χ1n) is 16.3. The quantitative estimate of drug-likeness (QED) is 0.0973. The number of rotatable bonds is 9. The molecule has 3 saturated heterocycles. The zero-order valence-electron chi connectivity index (χ0n) is 27.3. The average Bonchev–Trinajstić information content (AvgIpc) is 3.12. The van der Waals surface area contributed by atoms with Gasteiger partial charge in [0.15, 0.2) is 6.29 Å². The minimum absolute atomic E-state index is 0.0164. The summed E-state index contributed by atoms with van der Waals surface area (Å²) in [6.07, 6.45) is -23.5. The third kappa shape index (κ3) is 7.47. The smallest absolute Gasteiger partial charge is 0.402 e. The van der Waals surface area contributed by atoms with Crippen molar-refractivity contribution in [1.29, 1.82) is 0 Å². The van der Waals surface area contributed by atoms with E-state index in [9.17, 15) is 61.3 Å². The molecule has 3 aliphatic rings. The van der Waals surface area contributed by atoms with Crippen LogP contribution in [0.1, 0.15) is 6.92 Å². The SMILES string of the molecule is C[C@@H]1O[C@@H](OC[C@H]2O[C@@H](Oc3cc4c(O)cc(O[C@@H]5O[C@H](CO)[C@@H](O)[C@H](O)[C@H]5O)cc4[o+]c3-c3ccc(O)cc3)[C@H](O)[C@@H](O)[C@@H]2O)[C@H](O)[C@H](O)[C@H]1O. The van der Waals surface area contributed by atoms with Gasteiger partial charge in [0.2, 0.25) is 18.3 Å². The minimum Gasteiger partial charge on any atom is -0.508 e. The van der Waals surface area contributed by atoms with Crippen LogP contribution in [0.2, 0.25) is 0 Å². The van der Waals surface area contributed by atoms with E-state index in [1.807, 2.05) is 0 Å². The van der Waals surface area contributed by atoms with E-state index in [0.717, 1.165) is 6.07 Å². The summed E-state index contributed by atoms with van der Waals surface area (Å²) in [6, 6.07) is 9.29. The van der Waals surface area contributed by atoms with Crippen LogP contribution >= 0.6 is 0 Å². The summed E-state index contributed by atoms with van der Waals surface area (Å²) in [6.45, 7) is 0.197. The lowest BCUT2D eigenvalue weighted by molar-refractivity contribution is -0.318. The van der Waals surface area contributed by atoms with Gasteiger partial charge < -0.3 is 89.7 Å². The van der Waals surface area contributed by atoms with Crippen LogP contribution in [-0.4, -0.2) is 167 Å². The fourth-order valence-corrected chi connectivity index (χ4v) is 6.06. The third-order valence-corrected chi connectivity index (χ3v) is 9.18. The Morgan fingerprint density at radius 3 is 1.87 bits per heavy atom. The van der Waals surface area contributed by atoms with Crippen LogP contribution in [0.25, 0.3) is 22.3 Å². The van der Waals surface area contributed by atoms with Crippen LogP contribution in [0.4, 0.5) is 0 Å². The number of aromatic hydroxyl groups is 2. The summed E-state index contributed by atoms with van der Waals surface area (Å²) in [7, 11) is 0. The predicted molar refractivity (Wildman–Crippen MR) is 169 cm³/mol. The van der Waals surface area contributed by atoms with Gasteiger partial charge in [0.25, 0.3) is 0 Å². The van der Waals surface area contributed by atoms with Crippen molar-refractivity contribution in [1.82, 2.24) is 0 Å². The van der Waals surface area contributed by atoms with E-state index >= 15 is 0 Å². The lowest BCUT2D eigenvalue weighted by atomic mass is 9.98. The van der Waals surface area contributed by atoms with Crippen molar-refractivity contribution in [2.45, 2.75) is 99.0 Å². The molecule has 4 heterocycles. The molecule has 286 valence electrons. The molecule has 0 aliphatic carbocycles. The summed E-state index contributed by atoms with van der Waals surface area (Å²) in [5.41, 5.74) is 0.271. The molecule has 3 fully saturated rings. The molecular weight excluding hydrogens is 700 g/mol. The Hall–Kier alpha value is -3.51. The maximum atomic E-state index is 11.0. The number of phenolic OH excluding ortho intramolecular Hbond substituents is 2. The van der Waals surface area contributed by atoms with E-state index in [1.165, 1.54) is 43.3 Å². The number of fused-ring (bicyclic) bond motifs is 1. The first-order chi connectivity index (χ1) is 24.7. The zero-order valence-corrected chi connectivity index (χ0v) is 27.3. The topological polar surface area (TPSA) is 309 Å². The van der Waals surface area contributed by atoms with Gasteiger partial charge in [0, 0.05) is 12.1 Å². The first-order valence-corrected chi connectivity index (χ1v) is 16.3. The highest BCUT2D eigenvalue weighted by atomic mass is 16.7. The molecule has 2 aromatic carbocycles. The highest BCUT2D eigenvalue weighted by molar-refractivity contribution is 5.88. The summed E-state index contributed by atoms with van der Waals surface area (Å²) < 4.78 is 39.8. The number of aliphatic hydroxyl groups excluding tert-OH is 10. The van der Waals surface area contributed by atoms with E-state index in [1.54, 1.807) is 0 Å². The molecule has 0 unspecified atom stereocenters. The Labute approximate surface area is 294 Å². The molecular formula is C33H41O19+. The number of ether oxygens (including phenoxy) is 6. The van der Waals surface area contributed by atoms with E-state index in [0.29, 0.717) is 5.56 Å². The lowest BCUT2D eigenvalue weighted by Crippen LogP contribution is -2.61. The standard InChI is InChI=1S/C33H40O19/c1-11-21(37)24(40)27(43)31(47-11)46-10-20-23(39)26(42)29(45)33(52-20)50-18-8-15-16(36)6-14(48-32-28(44)25(41)22(38)19(9-34)51-32)7-17(15)49-30(18)12-2-4-13(35)5-3-12/h2-8,11,19-29,31-34,37-45H,9-10H2,1H3,(H-,35,36)/p+1/t11-,19+,20+,21-,22+,23+,24+,25-,26-,27+,28+,29+,31+,32+,33+/m0/s1. The molecule has 0 spiro atoms. The van der Waals surface area contributed by atoms with Crippen molar-refractivity contribution in [3.8, 4) is 34.3 Å². The van der Waals surface area contributed by atoms with Gasteiger partial charge in [-0.3, -0.25) is 0 Å². The van der Waals surface area contributed by atoms with Crippen LogP contribution in [0, 0.1) is 0 Å². The monoisotopic (exact) mass is 741 g/mol. The van der Waals surface area contributed by atoms with Crippen LogP contribution in [0.15, 0.2) is 46.9 Å². The third-order valence-electron chi connectivity index (χ3n) is 9.18. The summed E-state index contributed by atoms with van der Waals surface area (Å²) in [5, 5.41) is 124. The van der Waals surface area contributed by atoms with E-state index in [2.05, 4.69) is 0 Å². The van der Waals surface area contributed by atoms with Gasteiger partial charge in [-0.25, -0.2) is 4.42 Å². The second-order valence-electron chi connectivity index (χ2n) is 12.8. The van der Waals surface area contributed by atoms with Crippen LogP contribution < -0.4 is 9.47 Å². The maximum absolute atomic E-state index is 11.0. The minimum atomic E-state index is -1.86. The molecule has 0 bridgehead atoms. The molecule has 6 rings (SSSR count). The van der Waals surface area contributed by atoms with Crippen LogP contribution in [-0.2, 0) is 18.9 Å². The molecule has 0 radical (unpaired) electrons. The largest absolute Gasteiger partial charge is 0.508 e. The van der Waals surface area contributed by atoms with Gasteiger partial charge in [-0.1, -0.05) is 0 Å². The molecule has 52 heavy (non-hydrogen) atoms. The van der Waals surface area contributed by atoms with E-state index in [4.69, 9.17) is 32.8 Å². The van der Waals surface area contributed by atoms with Crippen LogP contribution in [0.3, 0.4) is 0 Å². The van der Waals surface area contributed by atoms with Gasteiger partial charge in [0.05, 0.1) is 30.9 Å². The van der Waals surface area contributed by atoms with Crippen molar-refractivity contribution < 1.29 is 94.1 Å². The summed E-state index contributed by atoms with van der Waals surface area (Å²) >= 11 is 0. The Morgan fingerprint density at radius 2 is 1.21 bits per heavy atom. The van der Waals surface area contributed by atoms with Gasteiger partial charge in [0.1, 0.15) is 89.8 Å². The molecule has 1 aromatic heterocycles. The summed E-state index contributed by atoms with van der Waals surface area (Å²) in [4.78, 5) is 0. The Kier molecular flexibility index (Phi) is 11.4. The van der Waals surface area contributed by atoms with Crippen molar-refractivity contribution in [3.05, 3.63) is 42.5 Å². The number of hydrogen-bond donors (Lipinski definition) is 12. The van der Waals surface area contributed by atoms with Crippen LogP contribution in [0.5, 0.6) is 23.0 Å². The predicted octanol–water partition coefficient (Wildman–Crippen LogP) is -3.00. The Morgan fingerprint density at radius 1 is 0.635 bits per heavy atom. The molecule has 3 aliphatic heterocycles. The molecule has 15 atom stereocenters. The molecule has 19 heteroatoms. The number of benzene rings is 2. The van der Waals surface area contributed by atoms with Gasteiger partial charge >= 0.3 is 11.3 Å². The molecule has 12 N–H and O–H groups in total. The van der Waals surface area contributed by atoms with Crippen molar-refractivity contribution in [2.75, 3.05) is 13.2 Å². The Balaban J connectivity index is 1.28. The highest BCUT2D eigenvalue weighted by Gasteiger charge is 2.48. The summed E-state index contributed by atoms with van der Waals surface area (Å²) in [5.74, 6) is -0.892. The van der Waals surface area contributed by atoms with Crippen molar-refractivity contribution in [3.63, 3.8) is 0 Å². The molecule has 0 saturated carbocycles. The fourth-order valence-electron chi connectivity index (χ4n) is 6.06.